The molecule has 0 bridgehead atoms. The molecule has 7 heteroatoms. The van der Waals surface area contributed by atoms with E-state index in [-0.39, 0.29) is 23.5 Å². The van der Waals surface area contributed by atoms with Gasteiger partial charge in [-0.05, 0) is 59.5 Å². The van der Waals surface area contributed by atoms with Crippen molar-refractivity contribution in [2.45, 2.75) is 258 Å². The molecule has 52 heavy (non-hydrogen) atoms. The van der Waals surface area contributed by atoms with Crippen LogP contribution in [-0.4, -0.2) is 59.4 Å². The second-order valence-corrected chi connectivity index (χ2v) is 17.0. The third-order valence-electron chi connectivity index (χ3n) is 10.7. The quantitative estimate of drug-likeness (QED) is 0.0462. The maximum atomic E-state index is 14.0. The topological polar surface area (TPSA) is 59.1 Å². The first kappa shape index (κ1) is 51.2. The number of ether oxygens (including phenoxy) is 1. The third-order valence-corrected chi connectivity index (χ3v) is 11.8. The van der Waals surface area contributed by atoms with Crippen LogP contribution in [0, 0.1) is 0 Å². The highest BCUT2D eigenvalue weighted by Crippen LogP contribution is 2.24. The first-order valence-electron chi connectivity index (χ1n) is 22.8. The molecule has 6 nitrogen and oxygen atoms in total. The van der Waals surface area contributed by atoms with Crippen molar-refractivity contribution in [1.29, 1.82) is 0 Å². The summed E-state index contributed by atoms with van der Waals surface area (Å²) >= 11 is 1.18. The summed E-state index contributed by atoms with van der Waals surface area (Å²) in [5, 5.41) is 0.705. The lowest BCUT2D eigenvalue weighted by Crippen LogP contribution is -2.41. The molecule has 0 radical (unpaired) electrons. The van der Waals surface area contributed by atoms with Crippen molar-refractivity contribution in [2.24, 2.45) is 0 Å². The van der Waals surface area contributed by atoms with E-state index in [4.69, 9.17) is 9.57 Å². The van der Waals surface area contributed by atoms with Crippen LogP contribution in [0.15, 0.2) is 0 Å². The van der Waals surface area contributed by atoms with Crippen LogP contribution in [0.4, 0.5) is 9.59 Å². The van der Waals surface area contributed by atoms with E-state index >= 15 is 0 Å². The molecule has 1 atom stereocenters. The fourth-order valence-electron chi connectivity index (χ4n) is 6.73. The van der Waals surface area contributed by atoms with Crippen molar-refractivity contribution < 1.29 is 19.2 Å². The zero-order valence-corrected chi connectivity index (χ0v) is 36.8. The Balaban J connectivity index is 5.70. The van der Waals surface area contributed by atoms with Crippen molar-refractivity contribution in [3.05, 3.63) is 0 Å². The average molecular weight is 755 g/mol. The van der Waals surface area contributed by atoms with Gasteiger partial charge in [-0.15, -0.1) is 5.06 Å². The summed E-state index contributed by atoms with van der Waals surface area (Å²) in [6.45, 7) is 11.1. The number of amides is 2. The maximum Gasteiger partial charge on any atom is 0.442 e. The number of hydrogen-bond donors (Lipinski definition) is 0. The lowest BCUT2D eigenvalue weighted by Gasteiger charge is -2.28. The van der Waals surface area contributed by atoms with Crippen LogP contribution in [0.25, 0.3) is 0 Å². The van der Waals surface area contributed by atoms with E-state index in [1.54, 1.807) is 0 Å². The van der Waals surface area contributed by atoms with E-state index in [9.17, 15) is 9.59 Å². The molecule has 0 N–H and O–H groups in total. The molecule has 0 aliphatic rings. The Morgan fingerprint density at radius 3 is 1.12 bits per heavy atom. The molecule has 0 saturated heterocycles. The Labute approximate surface area is 329 Å². The van der Waals surface area contributed by atoms with Gasteiger partial charge in [-0.25, -0.2) is 4.79 Å². The number of rotatable bonds is 38. The lowest BCUT2D eigenvalue weighted by atomic mass is 10.0. The zero-order chi connectivity index (χ0) is 38.5. The molecule has 0 saturated carbocycles. The zero-order valence-electron chi connectivity index (χ0n) is 36.0. The Kier molecular flexibility index (Phi) is 37.9. The fraction of sp³-hybridized carbons (Fsp3) is 0.956. The van der Waals surface area contributed by atoms with E-state index < -0.39 is 6.09 Å². The van der Waals surface area contributed by atoms with Crippen molar-refractivity contribution >= 4 is 23.1 Å². The van der Waals surface area contributed by atoms with Crippen LogP contribution in [0.3, 0.4) is 0 Å². The van der Waals surface area contributed by atoms with Gasteiger partial charge in [0.15, 0.2) is 0 Å². The highest BCUT2D eigenvalue weighted by molar-refractivity contribution is 8.13. The number of thioether (sulfide) groups is 1. The van der Waals surface area contributed by atoms with Crippen molar-refractivity contribution in [2.75, 3.05) is 19.8 Å². The summed E-state index contributed by atoms with van der Waals surface area (Å²) in [6, 6.07) is 0.199. The van der Waals surface area contributed by atoms with Crippen LogP contribution >= 0.6 is 11.8 Å². The van der Waals surface area contributed by atoms with E-state index in [1.807, 2.05) is 14.1 Å². The van der Waals surface area contributed by atoms with E-state index in [2.05, 4.69) is 39.5 Å². The molecule has 0 aromatic rings. The summed E-state index contributed by atoms with van der Waals surface area (Å²) in [6.07, 6.45) is 37.1. The summed E-state index contributed by atoms with van der Waals surface area (Å²) in [7, 11) is 4.05. The summed E-state index contributed by atoms with van der Waals surface area (Å²) < 4.78 is 6.26. The number of nitrogens with zero attached hydrogens (tertiary/aromatic N) is 2. The second kappa shape index (κ2) is 38.5. The van der Waals surface area contributed by atoms with Crippen LogP contribution < -0.4 is 0 Å². The predicted molar refractivity (Wildman–Crippen MR) is 228 cm³/mol. The summed E-state index contributed by atoms with van der Waals surface area (Å²) in [4.78, 5) is 36.4. The number of unbranched alkanes of at least 4 members (excludes halogenated alkanes) is 24. The number of hydrogen-bond acceptors (Lipinski definition) is 6. The SMILES string of the molecule is CCCCCCCCCC(CCCCCCCCC)OC(=O)N(OC(CCCCCCCCC)CCCCCCCCC)C(=O)SCC(C)N(C)C. The minimum atomic E-state index is -0.602. The van der Waals surface area contributed by atoms with E-state index in [0.717, 1.165) is 56.4 Å². The number of carbonyl (C=O) groups excluding carboxylic acids is 2. The van der Waals surface area contributed by atoms with Gasteiger partial charge >= 0.3 is 11.3 Å². The standard InChI is InChI=1S/C45H90N2O4S/c1-8-12-16-20-24-28-32-36-42(37-33-29-25-21-17-13-9-2)50-44(48)47(45(49)52-40-41(5)46(6)7)51-43(38-34-30-26-22-18-14-10-3)39-35-31-27-23-19-15-11-4/h41-43H,8-40H2,1-7H3. The van der Waals surface area contributed by atoms with Gasteiger partial charge < -0.3 is 9.64 Å². The Bertz CT molecular complexity index is 746. The Morgan fingerprint density at radius 2 is 0.788 bits per heavy atom. The predicted octanol–water partition coefficient (Wildman–Crippen LogP) is 15.5. The molecule has 0 aliphatic carbocycles. The van der Waals surface area contributed by atoms with Gasteiger partial charge in [-0.1, -0.05) is 206 Å². The molecule has 0 rings (SSSR count). The third kappa shape index (κ3) is 31.5. The molecule has 2 amide bonds. The molecule has 0 aromatic heterocycles. The molecule has 0 aromatic carbocycles. The molecule has 0 aliphatic heterocycles. The van der Waals surface area contributed by atoms with Gasteiger partial charge in [-0.2, -0.15) is 0 Å². The van der Waals surface area contributed by atoms with Gasteiger partial charge in [0.2, 0.25) is 0 Å². The van der Waals surface area contributed by atoms with Crippen LogP contribution in [0.2, 0.25) is 0 Å². The molecule has 1 unspecified atom stereocenters. The summed E-state index contributed by atoms with van der Waals surface area (Å²) in [5.41, 5.74) is 0. The fourth-order valence-corrected chi connectivity index (χ4v) is 7.64. The molecular weight excluding hydrogens is 665 g/mol. The molecule has 310 valence electrons. The number of hydroxylamine groups is 2. The maximum absolute atomic E-state index is 14.0. The molecular formula is C45H90N2O4S. The van der Waals surface area contributed by atoms with Gasteiger partial charge in [-0.3, -0.25) is 9.63 Å². The first-order chi connectivity index (χ1) is 25.3. The van der Waals surface area contributed by atoms with E-state index in [0.29, 0.717) is 5.75 Å². The van der Waals surface area contributed by atoms with Crippen molar-refractivity contribution in [3.8, 4) is 0 Å². The monoisotopic (exact) mass is 755 g/mol. The number of imide groups is 1. The Hall–Kier alpha value is -0.790. The van der Waals surface area contributed by atoms with Gasteiger partial charge in [0.25, 0.3) is 0 Å². The van der Waals surface area contributed by atoms with Crippen LogP contribution in [0.1, 0.15) is 240 Å². The van der Waals surface area contributed by atoms with Crippen molar-refractivity contribution in [1.82, 2.24) is 9.96 Å². The minimum Gasteiger partial charge on any atom is -0.444 e. The van der Waals surface area contributed by atoms with Crippen molar-refractivity contribution in [3.63, 3.8) is 0 Å². The Morgan fingerprint density at radius 1 is 0.481 bits per heavy atom. The normalized spacial score (nSPS) is 12.3. The largest absolute Gasteiger partial charge is 0.444 e. The van der Waals surface area contributed by atoms with Gasteiger partial charge in [0, 0.05) is 11.8 Å². The van der Waals surface area contributed by atoms with Gasteiger partial charge in [0.05, 0.1) is 6.10 Å². The lowest BCUT2D eigenvalue weighted by molar-refractivity contribution is -0.145. The van der Waals surface area contributed by atoms with Crippen LogP contribution in [0.5, 0.6) is 0 Å². The molecule has 0 fully saturated rings. The van der Waals surface area contributed by atoms with Crippen LogP contribution in [-0.2, 0) is 9.57 Å². The molecule has 0 spiro atoms. The summed E-state index contributed by atoms with van der Waals surface area (Å²) in [5.74, 6) is 0.596. The minimum absolute atomic E-state index is 0.153. The van der Waals surface area contributed by atoms with Gasteiger partial charge in [0.1, 0.15) is 6.10 Å². The highest BCUT2D eigenvalue weighted by atomic mass is 32.2. The average Bonchev–Trinajstić information content (AvgIpc) is 3.13. The van der Waals surface area contributed by atoms with E-state index in [1.165, 1.54) is 166 Å². The highest BCUT2D eigenvalue weighted by Gasteiger charge is 2.31. The smallest absolute Gasteiger partial charge is 0.442 e. The molecule has 0 heterocycles. The second-order valence-electron chi connectivity index (χ2n) is 16.1. The first-order valence-corrected chi connectivity index (χ1v) is 23.8. The number of carbonyl (C=O) groups is 2.